The minimum atomic E-state index is -0.0120. The van der Waals surface area contributed by atoms with Gasteiger partial charge in [-0.2, -0.15) is 5.26 Å². The third kappa shape index (κ3) is 6.80. The smallest absolute Gasteiger partial charge is 0.159 e. The van der Waals surface area contributed by atoms with Gasteiger partial charge in [0.05, 0.1) is 23.8 Å². The number of rotatable bonds is 10. The Hall–Kier alpha value is -1.90. The van der Waals surface area contributed by atoms with Crippen molar-refractivity contribution < 1.29 is 9.47 Å². The van der Waals surface area contributed by atoms with Gasteiger partial charge in [0, 0.05) is 19.5 Å². The van der Waals surface area contributed by atoms with E-state index in [9.17, 15) is 0 Å². The highest BCUT2D eigenvalue weighted by Crippen LogP contribution is 2.32. The quantitative estimate of drug-likeness (QED) is 0.444. The fraction of sp³-hybridized carbons (Fsp3) is 0.536. The zero-order chi connectivity index (χ0) is 23.0. The van der Waals surface area contributed by atoms with Crippen molar-refractivity contribution in [2.24, 2.45) is 11.8 Å². The van der Waals surface area contributed by atoms with Crippen LogP contribution in [0.1, 0.15) is 47.9 Å². The van der Waals surface area contributed by atoms with Crippen molar-refractivity contribution in [1.29, 1.82) is 5.26 Å². The van der Waals surface area contributed by atoms with Gasteiger partial charge in [0.25, 0.3) is 0 Å². The zero-order valence-electron chi connectivity index (χ0n) is 19.6. The van der Waals surface area contributed by atoms with Gasteiger partial charge < -0.3 is 14.4 Å². The van der Waals surface area contributed by atoms with Crippen molar-refractivity contribution in [3.05, 3.63) is 69.7 Å². The van der Waals surface area contributed by atoms with E-state index >= 15 is 0 Å². The van der Waals surface area contributed by atoms with Crippen LogP contribution in [-0.4, -0.2) is 44.0 Å². The van der Waals surface area contributed by atoms with Crippen LogP contribution >= 0.6 is 11.6 Å². The second kappa shape index (κ2) is 12.0. The number of likely N-dealkylation sites (tertiary alicyclic amines) is 1. The second-order valence-corrected chi connectivity index (χ2v) is 9.91. The summed E-state index contributed by atoms with van der Waals surface area (Å²) in [5.74, 6) is 1.39. The van der Waals surface area contributed by atoms with Crippen molar-refractivity contribution in [3.63, 3.8) is 0 Å². The molecule has 4 nitrogen and oxygen atoms in total. The normalized spacial score (nSPS) is 20.2. The third-order valence-electron chi connectivity index (χ3n) is 7.35. The summed E-state index contributed by atoms with van der Waals surface area (Å²) in [7, 11) is 0. The van der Waals surface area contributed by atoms with Crippen molar-refractivity contribution in [2.45, 2.75) is 51.7 Å². The Morgan fingerprint density at radius 1 is 1.12 bits per heavy atom. The number of hydrogen-bond donors (Lipinski definition) is 0. The van der Waals surface area contributed by atoms with E-state index in [1.54, 1.807) is 0 Å². The van der Waals surface area contributed by atoms with Gasteiger partial charge in [-0.15, -0.1) is 0 Å². The van der Waals surface area contributed by atoms with Crippen LogP contribution in [0.25, 0.3) is 0 Å². The van der Waals surface area contributed by atoms with E-state index in [2.05, 4.69) is 48.2 Å². The minimum Gasteiger partial charge on any atom is -0.350 e. The van der Waals surface area contributed by atoms with Crippen LogP contribution in [0.15, 0.2) is 42.5 Å². The lowest BCUT2D eigenvalue weighted by Gasteiger charge is -2.25. The summed E-state index contributed by atoms with van der Waals surface area (Å²) in [5.41, 5.74) is 4.64. The van der Waals surface area contributed by atoms with E-state index in [1.807, 2.05) is 12.1 Å². The molecule has 1 unspecified atom stereocenters. The largest absolute Gasteiger partial charge is 0.350 e. The van der Waals surface area contributed by atoms with Gasteiger partial charge in [-0.1, -0.05) is 41.9 Å². The fourth-order valence-electron chi connectivity index (χ4n) is 5.32. The Morgan fingerprint density at radius 3 is 2.67 bits per heavy atom. The molecular formula is C28H35ClN2O2. The molecule has 2 saturated heterocycles. The summed E-state index contributed by atoms with van der Waals surface area (Å²) < 4.78 is 11.2. The molecule has 0 radical (unpaired) electrons. The molecule has 0 aliphatic carbocycles. The Kier molecular flexibility index (Phi) is 8.81. The van der Waals surface area contributed by atoms with Crippen LogP contribution in [0.3, 0.4) is 0 Å². The minimum absolute atomic E-state index is 0.0120. The number of benzene rings is 2. The fourth-order valence-corrected chi connectivity index (χ4v) is 5.56. The predicted molar refractivity (Wildman–Crippen MR) is 132 cm³/mol. The number of nitriles is 1. The SMILES string of the molecule is Cc1ccccc1CCC(CCc1ccc(C#N)c(Cl)c1)[C@H]1CCN(CCC2OCCO2)C1. The molecular weight excluding hydrogens is 432 g/mol. The van der Waals surface area contributed by atoms with Gasteiger partial charge in [-0.3, -0.25) is 0 Å². The van der Waals surface area contributed by atoms with E-state index in [4.69, 9.17) is 26.3 Å². The van der Waals surface area contributed by atoms with Crippen LogP contribution in [0.5, 0.6) is 0 Å². The molecule has 0 amide bonds. The van der Waals surface area contributed by atoms with Gasteiger partial charge in [0.15, 0.2) is 6.29 Å². The van der Waals surface area contributed by atoms with E-state index in [0.717, 1.165) is 45.4 Å². The van der Waals surface area contributed by atoms with Crippen molar-refractivity contribution in [1.82, 2.24) is 4.90 Å². The van der Waals surface area contributed by atoms with E-state index in [-0.39, 0.29) is 6.29 Å². The van der Waals surface area contributed by atoms with Crippen LogP contribution in [0.2, 0.25) is 5.02 Å². The second-order valence-electron chi connectivity index (χ2n) is 9.50. The molecule has 2 aliphatic rings. The maximum Gasteiger partial charge on any atom is 0.159 e. The highest BCUT2D eigenvalue weighted by atomic mass is 35.5. The van der Waals surface area contributed by atoms with Gasteiger partial charge in [0.2, 0.25) is 0 Å². The molecule has 0 saturated carbocycles. The number of halogens is 1. The van der Waals surface area contributed by atoms with Crippen LogP contribution in [0, 0.1) is 30.1 Å². The molecule has 2 aliphatic heterocycles. The molecule has 0 N–H and O–H groups in total. The Bertz CT molecular complexity index is 951. The van der Waals surface area contributed by atoms with Crippen LogP contribution < -0.4 is 0 Å². The van der Waals surface area contributed by atoms with Crippen molar-refractivity contribution in [3.8, 4) is 6.07 Å². The van der Waals surface area contributed by atoms with Gasteiger partial charge in [-0.05, 0) is 86.2 Å². The molecule has 5 heteroatoms. The lowest BCUT2D eigenvalue weighted by molar-refractivity contribution is -0.0508. The third-order valence-corrected chi connectivity index (χ3v) is 7.66. The van der Waals surface area contributed by atoms with Gasteiger partial charge in [-0.25, -0.2) is 0 Å². The first-order chi connectivity index (χ1) is 16.1. The summed E-state index contributed by atoms with van der Waals surface area (Å²) in [6.45, 7) is 7.06. The highest BCUT2D eigenvalue weighted by Gasteiger charge is 2.30. The van der Waals surface area contributed by atoms with Gasteiger partial charge in [0.1, 0.15) is 6.07 Å². The average molecular weight is 467 g/mol. The Labute approximate surface area is 203 Å². The Balaban J connectivity index is 1.37. The summed E-state index contributed by atoms with van der Waals surface area (Å²) >= 11 is 6.29. The maximum absolute atomic E-state index is 9.15. The maximum atomic E-state index is 9.15. The predicted octanol–water partition coefficient (Wildman–Crippen LogP) is 5.79. The molecule has 2 aromatic carbocycles. The molecule has 0 bridgehead atoms. The molecule has 33 heavy (non-hydrogen) atoms. The first-order valence-electron chi connectivity index (χ1n) is 12.3. The van der Waals surface area contributed by atoms with Crippen LogP contribution in [0.4, 0.5) is 0 Å². The first-order valence-corrected chi connectivity index (χ1v) is 12.7. The lowest BCUT2D eigenvalue weighted by Crippen LogP contribution is -2.27. The number of nitrogens with zero attached hydrogens (tertiary/aromatic N) is 2. The molecule has 176 valence electrons. The number of hydrogen-bond acceptors (Lipinski definition) is 4. The standard InChI is InChI=1S/C28H35ClN2O2/c1-21-4-2-3-5-23(21)10-11-24(8-6-22-7-9-25(19-30)27(29)18-22)26-12-14-31(20-26)15-13-28-32-16-17-33-28/h2-5,7,9,18,24,26,28H,6,8,10-17,20H2,1H3/t24?,26-/m0/s1. The summed E-state index contributed by atoms with van der Waals surface area (Å²) in [6.07, 6.45) is 6.71. The van der Waals surface area contributed by atoms with Crippen molar-refractivity contribution in [2.75, 3.05) is 32.8 Å². The molecule has 0 aromatic heterocycles. The Morgan fingerprint density at radius 2 is 1.91 bits per heavy atom. The number of ether oxygens (including phenoxy) is 2. The topological polar surface area (TPSA) is 45.5 Å². The molecule has 0 spiro atoms. The number of aryl methyl sites for hydroxylation is 3. The molecule has 2 fully saturated rings. The average Bonchev–Trinajstić information content (AvgIpc) is 3.51. The van der Waals surface area contributed by atoms with Gasteiger partial charge >= 0.3 is 0 Å². The summed E-state index contributed by atoms with van der Waals surface area (Å²) in [5, 5.41) is 9.72. The molecule has 2 heterocycles. The monoisotopic (exact) mass is 466 g/mol. The van der Waals surface area contributed by atoms with E-state index in [1.165, 1.54) is 42.6 Å². The van der Waals surface area contributed by atoms with Crippen molar-refractivity contribution >= 4 is 11.6 Å². The van der Waals surface area contributed by atoms with E-state index in [0.29, 0.717) is 22.4 Å². The first kappa shape index (κ1) is 24.2. The van der Waals surface area contributed by atoms with E-state index < -0.39 is 0 Å². The summed E-state index contributed by atoms with van der Waals surface area (Å²) in [4.78, 5) is 2.59. The summed E-state index contributed by atoms with van der Waals surface area (Å²) in [6, 6.07) is 16.8. The molecule has 2 aromatic rings. The highest BCUT2D eigenvalue weighted by molar-refractivity contribution is 6.31. The lowest BCUT2D eigenvalue weighted by atomic mass is 9.82. The molecule has 4 rings (SSSR count). The van der Waals surface area contributed by atoms with Crippen LogP contribution in [-0.2, 0) is 22.3 Å². The molecule has 2 atom stereocenters. The zero-order valence-corrected chi connectivity index (χ0v) is 20.4.